The van der Waals surface area contributed by atoms with Gasteiger partial charge >= 0.3 is 0 Å². The Bertz CT molecular complexity index is 570. The van der Waals surface area contributed by atoms with Crippen LogP contribution in [-0.2, 0) is 10.2 Å². The molecule has 7 nitrogen and oxygen atoms in total. The first-order valence-corrected chi connectivity index (χ1v) is 9.15. The van der Waals surface area contributed by atoms with E-state index in [9.17, 15) is 4.79 Å². The fraction of sp³-hybridized carbons (Fsp3) is 0.722. The molecule has 0 saturated carbocycles. The highest BCUT2D eigenvalue weighted by molar-refractivity contribution is 5.79. The molecule has 0 atom stereocenters. The zero-order valence-corrected chi connectivity index (χ0v) is 15.4. The Morgan fingerprint density at radius 3 is 2.44 bits per heavy atom. The van der Waals surface area contributed by atoms with E-state index in [0.29, 0.717) is 18.4 Å². The summed E-state index contributed by atoms with van der Waals surface area (Å²) in [4.78, 5) is 14.4. The van der Waals surface area contributed by atoms with Crippen LogP contribution in [0.25, 0.3) is 0 Å². The van der Waals surface area contributed by atoms with Gasteiger partial charge in [-0.1, -0.05) is 20.8 Å². The summed E-state index contributed by atoms with van der Waals surface area (Å²) in [6.07, 6.45) is 1.96. The lowest BCUT2D eigenvalue weighted by Crippen LogP contribution is -2.43. The molecule has 2 aliphatic rings. The summed E-state index contributed by atoms with van der Waals surface area (Å²) in [5.74, 6) is 1.38. The Labute approximate surface area is 149 Å². The lowest BCUT2D eigenvalue weighted by atomic mass is 9.92. The van der Waals surface area contributed by atoms with Gasteiger partial charge in [0.2, 0.25) is 11.8 Å². The van der Waals surface area contributed by atoms with Gasteiger partial charge in [0, 0.05) is 37.7 Å². The van der Waals surface area contributed by atoms with Crippen LogP contribution in [0.2, 0.25) is 0 Å². The molecule has 0 aliphatic carbocycles. The van der Waals surface area contributed by atoms with E-state index in [2.05, 4.69) is 41.8 Å². The van der Waals surface area contributed by atoms with Crippen molar-refractivity contribution < 1.29 is 9.53 Å². The molecule has 1 amide bonds. The summed E-state index contributed by atoms with van der Waals surface area (Å²) >= 11 is 0. The third kappa shape index (κ3) is 4.67. The average molecular weight is 347 g/mol. The standard InChI is InChI=1S/C18H29N5O2/c1-18(2,3)15-4-5-16(22-21-15)25-12-13-6-8-23(9-7-13)17(24)14-10-19-20-11-14/h4-5,13-14,19-20H,6-12H2,1-3H3. The first-order chi connectivity index (χ1) is 11.9. The van der Waals surface area contributed by atoms with Crippen molar-refractivity contribution in [1.29, 1.82) is 0 Å². The number of hydrogen-bond donors (Lipinski definition) is 2. The van der Waals surface area contributed by atoms with Crippen LogP contribution in [0.1, 0.15) is 39.3 Å². The number of carbonyl (C=O) groups is 1. The lowest BCUT2D eigenvalue weighted by molar-refractivity contribution is -0.136. The van der Waals surface area contributed by atoms with E-state index < -0.39 is 0 Å². The number of hydrogen-bond acceptors (Lipinski definition) is 6. The Hall–Kier alpha value is -1.73. The van der Waals surface area contributed by atoms with Crippen LogP contribution in [0.4, 0.5) is 0 Å². The number of piperidine rings is 1. The van der Waals surface area contributed by atoms with Crippen molar-refractivity contribution in [3.05, 3.63) is 17.8 Å². The number of aromatic nitrogens is 2. The summed E-state index contributed by atoms with van der Waals surface area (Å²) in [5.41, 5.74) is 7.00. The number of likely N-dealkylation sites (tertiary alicyclic amines) is 1. The third-order valence-corrected chi connectivity index (χ3v) is 4.97. The fourth-order valence-corrected chi connectivity index (χ4v) is 3.22. The van der Waals surface area contributed by atoms with Crippen LogP contribution in [0.3, 0.4) is 0 Å². The van der Waals surface area contributed by atoms with Gasteiger partial charge in [-0.2, -0.15) is 5.10 Å². The molecule has 2 N–H and O–H groups in total. The van der Waals surface area contributed by atoms with Gasteiger partial charge < -0.3 is 9.64 Å². The molecule has 0 radical (unpaired) electrons. The number of nitrogens with zero attached hydrogens (tertiary/aromatic N) is 3. The molecule has 0 unspecified atom stereocenters. The minimum absolute atomic E-state index is 0.00471. The van der Waals surface area contributed by atoms with Crippen molar-refractivity contribution in [2.24, 2.45) is 11.8 Å². The highest BCUT2D eigenvalue weighted by atomic mass is 16.5. The third-order valence-electron chi connectivity index (χ3n) is 4.97. The molecule has 2 fully saturated rings. The van der Waals surface area contributed by atoms with E-state index in [4.69, 9.17) is 4.74 Å². The summed E-state index contributed by atoms with van der Waals surface area (Å²) in [6, 6.07) is 3.87. The topological polar surface area (TPSA) is 79.4 Å². The van der Waals surface area contributed by atoms with Crippen LogP contribution in [0.5, 0.6) is 5.88 Å². The van der Waals surface area contributed by atoms with Crippen LogP contribution >= 0.6 is 0 Å². The van der Waals surface area contributed by atoms with Gasteiger partial charge in [-0.25, -0.2) is 0 Å². The van der Waals surface area contributed by atoms with Crippen LogP contribution in [-0.4, -0.2) is 53.8 Å². The zero-order valence-electron chi connectivity index (χ0n) is 15.4. The number of nitrogens with one attached hydrogen (secondary N) is 2. The number of carbonyl (C=O) groups excluding carboxylic acids is 1. The van der Waals surface area contributed by atoms with Crippen molar-refractivity contribution in [2.75, 3.05) is 32.8 Å². The average Bonchev–Trinajstić information content (AvgIpc) is 3.14. The number of ether oxygens (including phenoxy) is 1. The largest absolute Gasteiger partial charge is 0.476 e. The van der Waals surface area contributed by atoms with Crippen molar-refractivity contribution in [2.45, 2.75) is 39.0 Å². The maximum atomic E-state index is 12.4. The molecule has 3 rings (SSSR count). The quantitative estimate of drug-likeness (QED) is 0.850. The van der Waals surface area contributed by atoms with Gasteiger partial charge in [-0.15, -0.1) is 5.10 Å². The van der Waals surface area contributed by atoms with Gasteiger partial charge in [0.25, 0.3) is 0 Å². The molecule has 25 heavy (non-hydrogen) atoms. The molecule has 138 valence electrons. The molecule has 1 aromatic heterocycles. The predicted octanol–water partition coefficient (Wildman–Crippen LogP) is 1.12. The minimum Gasteiger partial charge on any atom is -0.476 e. The maximum Gasteiger partial charge on any atom is 0.233 e. The Morgan fingerprint density at radius 2 is 1.88 bits per heavy atom. The summed E-state index contributed by atoms with van der Waals surface area (Å²) in [7, 11) is 0. The van der Waals surface area contributed by atoms with E-state index in [1.54, 1.807) is 0 Å². The molecule has 3 heterocycles. The molecular weight excluding hydrogens is 318 g/mol. The Balaban J connectivity index is 1.42. The number of amides is 1. The van der Waals surface area contributed by atoms with Gasteiger partial charge in [-0.3, -0.25) is 15.6 Å². The molecule has 0 bridgehead atoms. The van der Waals surface area contributed by atoms with Gasteiger partial charge in [0.1, 0.15) is 0 Å². The molecule has 0 spiro atoms. The SMILES string of the molecule is CC(C)(C)c1ccc(OCC2CCN(C(=O)C3CNNC3)CC2)nn1. The summed E-state index contributed by atoms with van der Waals surface area (Å²) in [5, 5.41) is 8.43. The van der Waals surface area contributed by atoms with Gasteiger partial charge in [0.05, 0.1) is 18.2 Å². The Kier molecular flexibility index (Phi) is 5.54. The zero-order chi connectivity index (χ0) is 17.9. The summed E-state index contributed by atoms with van der Waals surface area (Å²) < 4.78 is 5.81. The molecule has 2 saturated heterocycles. The molecule has 2 aliphatic heterocycles. The van der Waals surface area contributed by atoms with E-state index in [-0.39, 0.29) is 17.2 Å². The molecule has 1 aromatic rings. The van der Waals surface area contributed by atoms with E-state index in [1.807, 2.05) is 17.0 Å². The number of hydrazine groups is 1. The smallest absolute Gasteiger partial charge is 0.233 e. The van der Waals surface area contributed by atoms with Crippen LogP contribution in [0, 0.1) is 11.8 Å². The van der Waals surface area contributed by atoms with Crippen LogP contribution in [0.15, 0.2) is 12.1 Å². The second-order valence-electron chi connectivity index (χ2n) is 8.05. The maximum absolute atomic E-state index is 12.4. The second kappa shape index (κ2) is 7.66. The van der Waals surface area contributed by atoms with Gasteiger partial charge in [0.15, 0.2) is 0 Å². The first-order valence-electron chi connectivity index (χ1n) is 9.15. The predicted molar refractivity (Wildman–Crippen MR) is 95.0 cm³/mol. The second-order valence-corrected chi connectivity index (χ2v) is 8.05. The van der Waals surface area contributed by atoms with E-state index in [0.717, 1.165) is 44.7 Å². The lowest BCUT2D eigenvalue weighted by Gasteiger charge is -2.33. The first kappa shape index (κ1) is 18.1. The van der Waals surface area contributed by atoms with E-state index in [1.165, 1.54) is 0 Å². The van der Waals surface area contributed by atoms with Crippen molar-refractivity contribution in [3.8, 4) is 5.88 Å². The van der Waals surface area contributed by atoms with Crippen molar-refractivity contribution >= 4 is 5.91 Å². The minimum atomic E-state index is -0.00471. The molecule has 0 aromatic carbocycles. The highest BCUT2D eigenvalue weighted by Gasteiger charge is 2.30. The Morgan fingerprint density at radius 1 is 1.20 bits per heavy atom. The van der Waals surface area contributed by atoms with Gasteiger partial charge in [-0.05, 0) is 24.8 Å². The number of rotatable bonds is 4. The molecule has 7 heteroatoms. The van der Waals surface area contributed by atoms with Crippen LogP contribution < -0.4 is 15.6 Å². The molecular formula is C18H29N5O2. The normalized spacial score (nSPS) is 20.0. The van der Waals surface area contributed by atoms with Crippen molar-refractivity contribution in [1.82, 2.24) is 25.9 Å². The summed E-state index contributed by atoms with van der Waals surface area (Å²) in [6.45, 7) is 10.1. The van der Waals surface area contributed by atoms with E-state index >= 15 is 0 Å². The van der Waals surface area contributed by atoms with Crippen molar-refractivity contribution in [3.63, 3.8) is 0 Å². The fourth-order valence-electron chi connectivity index (χ4n) is 3.22. The monoisotopic (exact) mass is 347 g/mol. The highest BCUT2D eigenvalue weighted by Crippen LogP contribution is 2.22.